The molecule has 0 saturated heterocycles. The third kappa shape index (κ3) is 6.13. The summed E-state index contributed by atoms with van der Waals surface area (Å²) in [5.74, 6) is -2.87. The van der Waals surface area contributed by atoms with Crippen LogP contribution in [0.3, 0.4) is 0 Å². The molecule has 0 unspecified atom stereocenters. The molecule has 1 aromatic heterocycles. The van der Waals surface area contributed by atoms with Gasteiger partial charge in [-0.1, -0.05) is 0 Å². The molecule has 29 heavy (non-hydrogen) atoms. The highest BCUT2D eigenvalue weighted by molar-refractivity contribution is 5.98. The van der Waals surface area contributed by atoms with Crippen LogP contribution in [0.15, 0.2) is 27.0 Å². The predicted octanol–water partition coefficient (Wildman–Crippen LogP) is -0.449. The number of hydrazone groups is 1. The lowest BCUT2D eigenvalue weighted by molar-refractivity contribution is -0.158. The van der Waals surface area contributed by atoms with Gasteiger partial charge in [0, 0.05) is 43.8 Å². The topological polar surface area (TPSA) is 149 Å². The van der Waals surface area contributed by atoms with Gasteiger partial charge in [0.1, 0.15) is 0 Å². The SMILES string of the molecule is CCOC(=O)[C@H]1CC(=NNC(=O)CCn2ccc(=O)[nH]c2=O)C[C@H]1C(=O)OCC. The third-order valence-corrected chi connectivity index (χ3v) is 4.39. The van der Waals surface area contributed by atoms with Gasteiger partial charge in [0.05, 0.1) is 25.0 Å². The lowest BCUT2D eigenvalue weighted by atomic mass is 9.96. The van der Waals surface area contributed by atoms with E-state index in [0.29, 0.717) is 5.71 Å². The van der Waals surface area contributed by atoms with Crippen molar-refractivity contribution in [3.8, 4) is 0 Å². The van der Waals surface area contributed by atoms with Crippen molar-refractivity contribution in [1.82, 2.24) is 15.0 Å². The number of aromatic amines is 1. The minimum atomic E-state index is -0.704. The van der Waals surface area contributed by atoms with Crippen LogP contribution in [0.5, 0.6) is 0 Å². The van der Waals surface area contributed by atoms with E-state index in [9.17, 15) is 24.0 Å². The van der Waals surface area contributed by atoms with Gasteiger partial charge in [0.15, 0.2) is 0 Å². The zero-order valence-electron chi connectivity index (χ0n) is 16.3. The van der Waals surface area contributed by atoms with Gasteiger partial charge in [-0.05, 0) is 13.8 Å². The van der Waals surface area contributed by atoms with Crippen molar-refractivity contribution >= 4 is 23.6 Å². The van der Waals surface area contributed by atoms with Gasteiger partial charge in [-0.3, -0.25) is 24.2 Å². The Morgan fingerprint density at radius 1 is 1.14 bits per heavy atom. The molecule has 2 atom stereocenters. The Hall–Kier alpha value is -3.24. The van der Waals surface area contributed by atoms with E-state index in [1.807, 2.05) is 0 Å². The van der Waals surface area contributed by atoms with E-state index >= 15 is 0 Å². The Kier molecular flexibility index (Phi) is 7.87. The maximum absolute atomic E-state index is 12.1. The summed E-state index contributed by atoms with van der Waals surface area (Å²) in [6, 6.07) is 1.18. The second-order valence-corrected chi connectivity index (χ2v) is 6.39. The number of H-pyrrole nitrogens is 1. The van der Waals surface area contributed by atoms with Crippen molar-refractivity contribution in [2.45, 2.75) is 39.7 Å². The van der Waals surface area contributed by atoms with Crippen LogP contribution in [-0.2, 0) is 30.4 Å². The predicted molar refractivity (Wildman–Crippen MR) is 101 cm³/mol. The maximum atomic E-state index is 12.1. The van der Waals surface area contributed by atoms with Gasteiger partial charge in [-0.15, -0.1) is 0 Å². The molecule has 1 fully saturated rings. The molecule has 158 valence electrons. The first-order valence-corrected chi connectivity index (χ1v) is 9.33. The summed E-state index contributed by atoms with van der Waals surface area (Å²) in [7, 11) is 0. The molecule has 1 heterocycles. The van der Waals surface area contributed by atoms with E-state index in [0.717, 1.165) is 0 Å². The number of nitrogens with one attached hydrogen (secondary N) is 2. The second-order valence-electron chi connectivity index (χ2n) is 6.39. The van der Waals surface area contributed by atoms with E-state index in [1.165, 1.54) is 16.8 Å². The minimum absolute atomic E-state index is 0.0503. The third-order valence-electron chi connectivity index (χ3n) is 4.39. The van der Waals surface area contributed by atoms with Gasteiger partial charge < -0.3 is 14.0 Å². The molecule has 11 heteroatoms. The number of carbonyl (C=O) groups is 3. The first-order chi connectivity index (χ1) is 13.8. The molecule has 0 radical (unpaired) electrons. The largest absolute Gasteiger partial charge is 0.466 e. The Morgan fingerprint density at radius 3 is 2.24 bits per heavy atom. The summed E-state index contributed by atoms with van der Waals surface area (Å²) in [4.78, 5) is 61.0. The van der Waals surface area contributed by atoms with E-state index in [-0.39, 0.29) is 39.0 Å². The van der Waals surface area contributed by atoms with Crippen LogP contribution in [0.25, 0.3) is 0 Å². The molecule has 0 spiro atoms. The Balaban J connectivity index is 1.97. The number of carbonyl (C=O) groups excluding carboxylic acids is 3. The van der Waals surface area contributed by atoms with Crippen molar-refractivity contribution in [3.05, 3.63) is 33.1 Å². The standard InChI is InChI=1S/C18H24N4O7/c1-3-28-16(25)12-9-11(10-13(12)17(26)29-4-2)20-21-15(24)6-8-22-7-5-14(23)19-18(22)27/h5,7,12-13H,3-4,6,8-10H2,1-2H3,(H,21,24)(H,19,23,27)/t12-,13+. The first-order valence-electron chi connectivity index (χ1n) is 9.33. The molecule has 0 aromatic carbocycles. The summed E-state index contributed by atoms with van der Waals surface area (Å²) in [6.45, 7) is 3.80. The molecule has 0 bridgehead atoms. The Bertz CT molecular complexity index is 874. The van der Waals surface area contributed by atoms with Gasteiger partial charge in [-0.25, -0.2) is 10.2 Å². The maximum Gasteiger partial charge on any atom is 0.328 e. The highest BCUT2D eigenvalue weighted by Gasteiger charge is 2.43. The first kappa shape index (κ1) is 22.1. The van der Waals surface area contributed by atoms with Crippen molar-refractivity contribution in [1.29, 1.82) is 0 Å². The number of hydrogen-bond donors (Lipinski definition) is 2. The number of rotatable bonds is 8. The number of esters is 2. The van der Waals surface area contributed by atoms with Crippen LogP contribution in [-0.4, -0.2) is 46.3 Å². The zero-order valence-corrected chi connectivity index (χ0v) is 16.3. The lowest BCUT2D eigenvalue weighted by Crippen LogP contribution is -2.30. The number of ether oxygens (including phenoxy) is 2. The fraction of sp³-hybridized carbons (Fsp3) is 0.556. The molecule has 1 aliphatic carbocycles. The fourth-order valence-corrected chi connectivity index (χ4v) is 3.00. The van der Waals surface area contributed by atoms with Crippen LogP contribution < -0.4 is 16.7 Å². The Labute approximate surface area is 166 Å². The number of amides is 1. The smallest absolute Gasteiger partial charge is 0.328 e. The molecule has 2 rings (SSSR count). The number of aromatic nitrogens is 2. The molecule has 2 N–H and O–H groups in total. The molecule has 1 aromatic rings. The highest BCUT2D eigenvalue weighted by atomic mass is 16.5. The molecule has 1 saturated carbocycles. The van der Waals surface area contributed by atoms with Gasteiger partial charge in [0.25, 0.3) is 5.56 Å². The van der Waals surface area contributed by atoms with Crippen LogP contribution in [0.1, 0.15) is 33.1 Å². The summed E-state index contributed by atoms with van der Waals surface area (Å²) < 4.78 is 11.2. The molecule has 1 amide bonds. The normalized spacial score (nSPS) is 19.7. The number of nitrogens with zero attached hydrogens (tertiary/aromatic N) is 2. The molecule has 1 aliphatic rings. The van der Waals surface area contributed by atoms with Gasteiger partial charge >= 0.3 is 17.6 Å². The second kappa shape index (κ2) is 10.3. The number of aryl methyl sites for hydroxylation is 1. The summed E-state index contributed by atoms with van der Waals surface area (Å²) in [6.07, 6.45) is 1.61. The van der Waals surface area contributed by atoms with Gasteiger partial charge in [0.2, 0.25) is 5.91 Å². The monoisotopic (exact) mass is 408 g/mol. The average molecular weight is 408 g/mol. The van der Waals surface area contributed by atoms with E-state index in [4.69, 9.17) is 9.47 Å². The fourth-order valence-electron chi connectivity index (χ4n) is 3.00. The van der Waals surface area contributed by atoms with Crippen molar-refractivity contribution in [3.63, 3.8) is 0 Å². The average Bonchev–Trinajstić information content (AvgIpc) is 3.11. The summed E-state index contributed by atoms with van der Waals surface area (Å²) >= 11 is 0. The minimum Gasteiger partial charge on any atom is -0.466 e. The summed E-state index contributed by atoms with van der Waals surface area (Å²) in [5.41, 5.74) is 1.72. The molecular formula is C18H24N4O7. The Morgan fingerprint density at radius 2 is 1.72 bits per heavy atom. The van der Waals surface area contributed by atoms with Crippen molar-refractivity contribution < 1.29 is 23.9 Å². The quantitative estimate of drug-likeness (QED) is 0.437. The van der Waals surface area contributed by atoms with E-state index < -0.39 is 40.9 Å². The number of hydrogen-bond acceptors (Lipinski definition) is 8. The van der Waals surface area contributed by atoms with Crippen molar-refractivity contribution in [2.75, 3.05) is 13.2 Å². The summed E-state index contributed by atoms with van der Waals surface area (Å²) in [5, 5.41) is 4.01. The lowest BCUT2D eigenvalue weighted by Gasteiger charge is -2.15. The van der Waals surface area contributed by atoms with Crippen LogP contribution in [0.4, 0.5) is 0 Å². The van der Waals surface area contributed by atoms with Crippen LogP contribution >= 0.6 is 0 Å². The van der Waals surface area contributed by atoms with Crippen LogP contribution in [0.2, 0.25) is 0 Å². The highest BCUT2D eigenvalue weighted by Crippen LogP contribution is 2.32. The molecule has 0 aliphatic heterocycles. The van der Waals surface area contributed by atoms with E-state index in [2.05, 4.69) is 15.5 Å². The van der Waals surface area contributed by atoms with Crippen LogP contribution in [0, 0.1) is 11.8 Å². The molecule has 11 nitrogen and oxygen atoms in total. The van der Waals surface area contributed by atoms with Crippen molar-refractivity contribution in [2.24, 2.45) is 16.9 Å². The van der Waals surface area contributed by atoms with Gasteiger partial charge in [-0.2, -0.15) is 5.10 Å². The van der Waals surface area contributed by atoms with E-state index in [1.54, 1.807) is 13.8 Å². The zero-order chi connectivity index (χ0) is 21.4. The molecular weight excluding hydrogens is 384 g/mol.